The molecule has 1 aliphatic heterocycles. The first-order valence-electron chi connectivity index (χ1n) is 11.0. The van der Waals surface area contributed by atoms with Gasteiger partial charge < -0.3 is 9.84 Å². The summed E-state index contributed by atoms with van der Waals surface area (Å²) in [6.45, 7) is 3.86. The summed E-state index contributed by atoms with van der Waals surface area (Å²) in [7, 11) is 1.60. The second-order valence-electron chi connectivity index (χ2n) is 8.40. The average molecular weight is 442 g/mol. The molecular weight excluding hydrogens is 414 g/mol. The molecule has 1 aliphatic rings. The van der Waals surface area contributed by atoms with Crippen molar-refractivity contribution in [2.45, 2.75) is 26.5 Å². The number of ether oxygens (including phenoxy) is 1. The van der Waals surface area contributed by atoms with E-state index in [1.807, 2.05) is 78.9 Å². The van der Waals surface area contributed by atoms with Crippen molar-refractivity contribution in [3.63, 3.8) is 0 Å². The maximum absolute atomic E-state index is 13.3. The van der Waals surface area contributed by atoms with Crippen LogP contribution in [0.5, 0.6) is 0 Å². The Morgan fingerprint density at radius 2 is 1.55 bits per heavy atom. The number of methoxy groups -OCH3 is 1. The smallest absolute Gasteiger partial charge is 0.294 e. The summed E-state index contributed by atoms with van der Waals surface area (Å²) >= 11 is 0. The summed E-state index contributed by atoms with van der Waals surface area (Å²) in [5.41, 5.74) is 4.43. The molecule has 1 unspecified atom stereocenters. The second-order valence-corrected chi connectivity index (χ2v) is 8.40. The molecule has 1 N–H and O–H groups in total. The quantitative estimate of drug-likeness (QED) is 0.516. The summed E-state index contributed by atoms with van der Waals surface area (Å²) in [4.78, 5) is 27.9. The minimum Gasteiger partial charge on any atom is -0.503 e. The summed E-state index contributed by atoms with van der Waals surface area (Å²) in [5.74, 6) is -1.68. The van der Waals surface area contributed by atoms with Crippen molar-refractivity contribution in [3.8, 4) is 11.1 Å². The molecule has 3 aromatic rings. The number of hydrogen-bond acceptors (Lipinski definition) is 4. The first-order chi connectivity index (χ1) is 15.9. The van der Waals surface area contributed by atoms with Crippen molar-refractivity contribution in [1.29, 1.82) is 0 Å². The fraction of sp³-hybridized carbons (Fsp3) is 0.214. The maximum Gasteiger partial charge on any atom is 0.294 e. The van der Waals surface area contributed by atoms with Gasteiger partial charge in [0.25, 0.3) is 5.91 Å². The first-order valence-corrected chi connectivity index (χ1v) is 11.0. The molecule has 1 atom stereocenters. The molecule has 0 spiro atoms. The van der Waals surface area contributed by atoms with E-state index < -0.39 is 17.7 Å². The van der Waals surface area contributed by atoms with Crippen molar-refractivity contribution < 1.29 is 19.4 Å². The average Bonchev–Trinajstić information content (AvgIpc) is 3.10. The number of aliphatic hydroxyl groups excluding tert-OH is 1. The topological polar surface area (TPSA) is 66.8 Å². The Bertz CT molecular complexity index is 1200. The fourth-order valence-electron chi connectivity index (χ4n) is 4.26. The second kappa shape index (κ2) is 9.43. The number of rotatable bonds is 7. The van der Waals surface area contributed by atoms with E-state index in [0.717, 1.165) is 22.3 Å². The van der Waals surface area contributed by atoms with Gasteiger partial charge in [-0.1, -0.05) is 80.6 Å². The minimum atomic E-state index is -0.735. The SMILES string of the molecule is COCc1ccccc1C1C(C(=O)C(C)C)=C(O)C(=O)N1c1ccc(-c2ccccc2)cc1. The van der Waals surface area contributed by atoms with E-state index in [9.17, 15) is 14.7 Å². The lowest BCUT2D eigenvalue weighted by atomic mass is 9.89. The third-order valence-electron chi connectivity index (χ3n) is 5.90. The van der Waals surface area contributed by atoms with E-state index in [1.54, 1.807) is 21.0 Å². The molecule has 0 saturated heterocycles. The van der Waals surface area contributed by atoms with Gasteiger partial charge in [0.1, 0.15) is 0 Å². The minimum absolute atomic E-state index is 0.130. The van der Waals surface area contributed by atoms with Crippen LogP contribution in [-0.4, -0.2) is 23.9 Å². The third-order valence-corrected chi connectivity index (χ3v) is 5.90. The Morgan fingerprint density at radius 1 is 0.939 bits per heavy atom. The van der Waals surface area contributed by atoms with E-state index in [1.165, 1.54) is 4.90 Å². The Kier molecular flexibility index (Phi) is 6.43. The van der Waals surface area contributed by atoms with Crippen molar-refractivity contribution >= 4 is 17.4 Å². The lowest BCUT2D eigenvalue weighted by molar-refractivity contribution is -0.119. The van der Waals surface area contributed by atoms with Gasteiger partial charge in [-0.25, -0.2) is 0 Å². The van der Waals surface area contributed by atoms with Crippen LogP contribution in [0, 0.1) is 5.92 Å². The highest BCUT2D eigenvalue weighted by Crippen LogP contribution is 2.43. The molecule has 0 aliphatic carbocycles. The summed E-state index contributed by atoms with van der Waals surface area (Å²) in [6.07, 6.45) is 0. The number of Topliss-reactive ketones (excluding diaryl/α,β-unsaturated/α-hetero) is 1. The van der Waals surface area contributed by atoms with Crippen molar-refractivity contribution in [2.75, 3.05) is 12.0 Å². The molecule has 0 radical (unpaired) electrons. The summed E-state index contributed by atoms with van der Waals surface area (Å²) in [6, 6.07) is 24.3. The van der Waals surface area contributed by atoms with E-state index in [-0.39, 0.29) is 17.3 Å². The Morgan fingerprint density at radius 3 is 2.18 bits per heavy atom. The van der Waals surface area contributed by atoms with Gasteiger partial charge in [-0.3, -0.25) is 14.5 Å². The van der Waals surface area contributed by atoms with Crippen LogP contribution in [-0.2, 0) is 20.9 Å². The fourth-order valence-corrected chi connectivity index (χ4v) is 4.26. The van der Waals surface area contributed by atoms with Crippen LogP contribution < -0.4 is 4.90 Å². The monoisotopic (exact) mass is 441 g/mol. The number of nitrogens with zero attached hydrogens (tertiary/aromatic N) is 1. The normalized spacial score (nSPS) is 16.1. The summed E-state index contributed by atoms with van der Waals surface area (Å²) in [5, 5.41) is 10.8. The maximum atomic E-state index is 13.3. The number of amides is 1. The Balaban J connectivity index is 1.83. The molecule has 5 heteroatoms. The number of anilines is 1. The van der Waals surface area contributed by atoms with Gasteiger partial charge in [-0.15, -0.1) is 0 Å². The predicted octanol–water partition coefficient (Wildman–Crippen LogP) is 5.63. The highest BCUT2D eigenvalue weighted by molar-refractivity contribution is 6.17. The zero-order chi connectivity index (χ0) is 23.5. The molecule has 168 valence electrons. The van der Waals surface area contributed by atoms with Crippen LogP contribution in [0.2, 0.25) is 0 Å². The van der Waals surface area contributed by atoms with E-state index in [0.29, 0.717) is 12.3 Å². The molecule has 33 heavy (non-hydrogen) atoms. The number of aliphatic hydroxyl groups is 1. The van der Waals surface area contributed by atoms with Gasteiger partial charge in [-0.05, 0) is 34.4 Å². The Hall–Kier alpha value is -3.70. The molecule has 0 saturated carbocycles. The van der Waals surface area contributed by atoms with Gasteiger partial charge in [0.2, 0.25) is 0 Å². The van der Waals surface area contributed by atoms with Crippen molar-refractivity contribution in [2.24, 2.45) is 5.92 Å². The van der Waals surface area contributed by atoms with Crippen LogP contribution in [0.3, 0.4) is 0 Å². The highest BCUT2D eigenvalue weighted by atomic mass is 16.5. The number of carbonyl (C=O) groups is 2. The predicted molar refractivity (Wildman–Crippen MR) is 129 cm³/mol. The number of benzene rings is 3. The largest absolute Gasteiger partial charge is 0.503 e. The van der Waals surface area contributed by atoms with E-state index >= 15 is 0 Å². The number of hydrogen-bond donors (Lipinski definition) is 1. The van der Waals surface area contributed by atoms with Gasteiger partial charge in [0.05, 0.1) is 18.2 Å². The van der Waals surface area contributed by atoms with Crippen LogP contribution in [0.1, 0.15) is 31.0 Å². The molecule has 4 rings (SSSR count). The van der Waals surface area contributed by atoms with Crippen LogP contribution in [0.25, 0.3) is 11.1 Å². The molecule has 3 aromatic carbocycles. The molecular formula is C28H27NO4. The Labute approximate surface area is 193 Å². The molecule has 5 nitrogen and oxygen atoms in total. The molecule has 1 amide bonds. The summed E-state index contributed by atoms with van der Waals surface area (Å²) < 4.78 is 5.36. The van der Waals surface area contributed by atoms with Crippen LogP contribution in [0.15, 0.2) is 90.2 Å². The molecule has 0 fully saturated rings. The van der Waals surface area contributed by atoms with Gasteiger partial charge in [-0.2, -0.15) is 0 Å². The number of ketones is 1. The van der Waals surface area contributed by atoms with Crippen LogP contribution >= 0.6 is 0 Å². The zero-order valence-corrected chi connectivity index (χ0v) is 19.0. The molecule has 1 heterocycles. The van der Waals surface area contributed by atoms with E-state index in [2.05, 4.69) is 0 Å². The number of carbonyl (C=O) groups excluding carboxylic acids is 2. The van der Waals surface area contributed by atoms with E-state index in [4.69, 9.17) is 4.74 Å². The third kappa shape index (κ3) is 4.20. The zero-order valence-electron chi connectivity index (χ0n) is 19.0. The van der Waals surface area contributed by atoms with Gasteiger partial charge in [0.15, 0.2) is 11.5 Å². The van der Waals surface area contributed by atoms with Crippen molar-refractivity contribution in [3.05, 3.63) is 101 Å². The lowest BCUT2D eigenvalue weighted by Crippen LogP contribution is -2.32. The van der Waals surface area contributed by atoms with Gasteiger partial charge >= 0.3 is 0 Å². The van der Waals surface area contributed by atoms with Gasteiger partial charge in [0, 0.05) is 18.7 Å². The standard InChI is InChI=1S/C28H27NO4/c1-18(2)26(30)24-25(23-12-8-7-11-21(23)17-33-3)29(28(32)27(24)31)22-15-13-20(14-16-22)19-9-5-4-6-10-19/h4-16,18,25,31H,17H2,1-3H3. The lowest BCUT2D eigenvalue weighted by Gasteiger charge is -2.29. The van der Waals surface area contributed by atoms with Crippen molar-refractivity contribution in [1.82, 2.24) is 0 Å². The van der Waals surface area contributed by atoms with Crippen LogP contribution in [0.4, 0.5) is 5.69 Å². The first kappa shape index (κ1) is 22.5. The molecule has 0 aromatic heterocycles. The molecule has 0 bridgehead atoms. The highest BCUT2D eigenvalue weighted by Gasteiger charge is 2.45.